The number of carboxylic acids is 1. The van der Waals surface area contributed by atoms with Crippen molar-refractivity contribution in [1.29, 1.82) is 0 Å². The van der Waals surface area contributed by atoms with Gasteiger partial charge in [-0.25, -0.2) is 14.8 Å². The van der Waals surface area contributed by atoms with Crippen molar-refractivity contribution in [3.63, 3.8) is 0 Å². The van der Waals surface area contributed by atoms with E-state index in [1.807, 2.05) is 0 Å². The van der Waals surface area contributed by atoms with Crippen molar-refractivity contribution in [2.45, 2.75) is 19.9 Å². The van der Waals surface area contributed by atoms with Gasteiger partial charge in [0.25, 0.3) is 0 Å². The van der Waals surface area contributed by atoms with Crippen molar-refractivity contribution in [3.8, 4) is 0 Å². The summed E-state index contributed by atoms with van der Waals surface area (Å²) in [6.45, 7) is 3.38. The summed E-state index contributed by atoms with van der Waals surface area (Å²) in [5, 5.41) is 8.80. The Morgan fingerprint density at radius 2 is 2.29 bits per heavy atom. The smallest absolute Gasteiger partial charge is 0.326 e. The number of hydrogen-bond donors (Lipinski definition) is 1. The fraction of sp³-hybridized carbons (Fsp3) is 0.444. The number of aryl methyl sites for hydroxylation is 1. The highest BCUT2D eigenvalue weighted by Gasteiger charge is 2.17. The number of likely N-dealkylation sites (N-methyl/N-ethyl adjacent to an activating group) is 1. The molecule has 76 valence electrons. The first-order chi connectivity index (χ1) is 6.52. The average molecular weight is 195 g/mol. The van der Waals surface area contributed by atoms with Gasteiger partial charge in [-0.15, -0.1) is 0 Å². The van der Waals surface area contributed by atoms with Crippen LogP contribution in [0.1, 0.15) is 12.7 Å². The van der Waals surface area contributed by atoms with Gasteiger partial charge in [0.05, 0.1) is 0 Å². The minimum absolute atomic E-state index is 0.593. The molecule has 0 aliphatic rings. The summed E-state index contributed by atoms with van der Waals surface area (Å²) in [5.74, 6) is 0.378. The summed E-state index contributed by atoms with van der Waals surface area (Å²) in [5.41, 5.74) is 0. The van der Waals surface area contributed by atoms with Crippen molar-refractivity contribution < 1.29 is 9.90 Å². The van der Waals surface area contributed by atoms with Crippen LogP contribution in [-0.4, -0.2) is 34.1 Å². The number of hydrogen-bond acceptors (Lipinski definition) is 4. The standard InChI is InChI=1S/C9H13N3O2/c1-6(9(13)14)12(3)8-4-5-10-7(2)11-8/h4-6H,1-3H3,(H,13,14). The van der Waals surface area contributed by atoms with E-state index in [0.29, 0.717) is 11.6 Å². The number of rotatable bonds is 3. The zero-order valence-corrected chi connectivity index (χ0v) is 8.43. The summed E-state index contributed by atoms with van der Waals surface area (Å²) in [6.07, 6.45) is 1.61. The maximum absolute atomic E-state index is 10.7. The molecule has 0 spiro atoms. The molecule has 0 saturated carbocycles. The fourth-order valence-electron chi connectivity index (χ4n) is 1.00. The van der Waals surface area contributed by atoms with Crippen LogP contribution >= 0.6 is 0 Å². The Morgan fingerprint density at radius 3 is 2.79 bits per heavy atom. The molecule has 1 atom stereocenters. The summed E-state index contributed by atoms with van der Waals surface area (Å²) in [6, 6.07) is 1.09. The Kier molecular flexibility index (Phi) is 3.01. The molecular formula is C9H13N3O2. The van der Waals surface area contributed by atoms with Crippen molar-refractivity contribution in [3.05, 3.63) is 18.1 Å². The molecule has 1 rings (SSSR count). The summed E-state index contributed by atoms with van der Waals surface area (Å²) < 4.78 is 0. The third-order valence-electron chi connectivity index (χ3n) is 2.06. The van der Waals surface area contributed by atoms with E-state index in [2.05, 4.69) is 9.97 Å². The molecule has 5 heteroatoms. The first-order valence-corrected chi connectivity index (χ1v) is 4.27. The minimum atomic E-state index is -0.872. The summed E-state index contributed by atoms with van der Waals surface area (Å²) >= 11 is 0. The number of aliphatic carboxylic acids is 1. The Bertz CT molecular complexity index is 341. The van der Waals surface area contributed by atoms with Gasteiger partial charge >= 0.3 is 5.97 Å². The van der Waals surface area contributed by atoms with E-state index >= 15 is 0 Å². The van der Waals surface area contributed by atoms with Crippen LogP contribution in [0.25, 0.3) is 0 Å². The van der Waals surface area contributed by atoms with Crippen LogP contribution in [0.4, 0.5) is 5.82 Å². The van der Waals surface area contributed by atoms with Gasteiger partial charge in [0.2, 0.25) is 0 Å². The largest absolute Gasteiger partial charge is 0.480 e. The predicted molar refractivity (Wildman–Crippen MR) is 52.3 cm³/mol. The van der Waals surface area contributed by atoms with E-state index in [0.717, 1.165) is 0 Å². The molecule has 1 N–H and O–H groups in total. The van der Waals surface area contributed by atoms with Gasteiger partial charge in [-0.3, -0.25) is 0 Å². The van der Waals surface area contributed by atoms with E-state index in [-0.39, 0.29) is 0 Å². The van der Waals surface area contributed by atoms with Gasteiger partial charge in [0.1, 0.15) is 17.7 Å². The van der Waals surface area contributed by atoms with E-state index < -0.39 is 12.0 Å². The molecule has 1 unspecified atom stereocenters. The van der Waals surface area contributed by atoms with E-state index in [1.54, 1.807) is 38.1 Å². The Morgan fingerprint density at radius 1 is 1.64 bits per heavy atom. The maximum atomic E-state index is 10.7. The molecule has 1 heterocycles. The van der Waals surface area contributed by atoms with Crippen LogP contribution < -0.4 is 4.90 Å². The Balaban J connectivity index is 2.89. The average Bonchev–Trinajstić information content (AvgIpc) is 2.15. The third kappa shape index (κ3) is 2.18. The molecule has 0 aliphatic carbocycles. The third-order valence-corrected chi connectivity index (χ3v) is 2.06. The predicted octanol–water partition coefficient (Wildman–Crippen LogP) is 0.694. The summed E-state index contributed by atoms with van der Waals surface area (Å²) in [7, 11) is 1.69. The van der Waals surface area contributed by atoms with Gasteiger partial charge in [-0.05, 0) is 19.9 Å². The first-order valence-electron chi connectivity index (χ1n) is 4.27. The zero-order chi connectivity index (χ0) is 10.7. The molecule has 0 aliphatic heterocycles. The number of aromatic nitrogens is 2. The van der Waals surface area contributed by atoms with Crippen molar-refractivity contribution in [2.24, 2.45) is 0 Å². The second-order valence-electron chi connectivity index (χ2n) is 3.09. The minimum Gasteiger partial charge on any atom is -0.480 e. The van der Waals surface area contributed by atoms with Crippen LogP contribution in [-0.2, 0) is 4.79 Å². The van der Waals surface area contributed by atoms with Crippen LogP contribution in [0, 0.1) is 6.92 Å². The topological polar surface area (TPSA) is 66.3 Å². The van der Waals surface area contributed by atoms with Crippen molar-refractivity contribution in [1.82, 2.24) is 9.97 Å². The fourth-order valence-corrected chi connectivity index (χ4v) is 1.00. The van der Waals surface area contributed by atoms with Gasteiger partial charge in [0.15, 0.2) is 0 Å². The Labute approximate surface area is 82.4 Å². The zero-order valence-electron chi connectivity index (χ0n) is 8.43. The second kappa shape index (κ2) is 4.04. The molecule has 1 aromatic heterocycles. The quantitative estimate of drug-likeness (QED) is 0.768. The van der Waals surface area contributed by atoms with E-state index in [4.69, 9.17) is 5.11 Å². The lowest BCUT2D eigenvalue weighted by Gasteiger charge is -2.22. The van der Waals surface area contributed by atoms with Gasteiger partial charge in [-0.2, -0.15) is 0 Å². The molecule has 0 fully saturated rings. The maximum Gasteiger partial charge on any atom is 0.326 e. The van der Waals surface area contributed by atoms with Gasteiger partial charge < -0.3 is 10.0 Å². The molecule has 1 aromatic rings. The van der Waals surface area contributed by atoms with Crippen LogP contribution in [0.5, 0.6) is 0 Å². The molecule has 14 heavy (non-hydrogen) atoms. The number of nitrogens with zero attached hydrogens (tertiary/aromatic N) is 3. The van der Waals surface area contributed by atoms with Crippen LogP contribution in [0.15, 0.2) is 12.3 Å². The second-order valence-corrected chi connectivity index (χ2v) is 3.09. The SMILES string of the molecule is Cc1nccc(N(C)C(C)C(=O)O)n1. The lowest BCUT2D eigenvalue weighted by molar-refractivity contribution is -0.138. The van der Waals surface area contributed by atoms with Crippen molar-refractivity contribution >= 4 is 11.8 Å². The highest BCUT2D eigenvalue weighted by atomic mass is 16.4. The molecule has 0 amide bonds. The highest BCUT2D eigenvalue weighted by molar-refractivity contribution is 5.76. The molecule has 0 bridgehead atoms. The molecule has 5 nitrogen and oxygen atoms in total. The highest BCUT2D eigenvalue weighted by Crippen LogP contribution is 2.10. The number of anilines is 1. The lowest BCUT2D eigenvalue weighted by Crippen LogP contribution is -2.36. The molecule has 0 saturated heterocycles. The Hall–Kier alpha value is -1.65. The van der Waals surface area contributed by atoms with Crippen molar-refractivity contribution in [2.75, 3.05) is 11.9 Å². The van der Waals surface area contributed by atoms with Gasteiger partial charge in [-0.1, -0.05) is 0 Å². The number of carboxylic acid groups (broad SMARTS) is 1. The molecular weight excluding hydrogens is 182 g/mol. The lowest BCUT2D eigenvalue weighted by atomic mass is 10.3. The molecule has 0 radical (unpaired) electrons. The van der Waals surface area contributed by atoms with E-state index in [9.17, 15) is 4.79 Å². The van der Waals surface area contributed by atoms with E-state index in [1.165, 1.54) is 0 Å². The number of carbonyl (C=O) groups is 1. The normalized spacial score (nSPS) is 12.2. The first kappa shape index (κ1) is 10.4. The summed E-state index contributed by atoms with van der Waals surface area (Å²) in [4.78, 5) is 20.4. The van der Waals surface area contributed by atoms with Crippen LogP contribution in [0.2, 0.25) is 0 Å². The van der Waals surface area contributed by atoms with Crippen LogP contribution in [0.3, 0.4) is 0 Å². The molecule has 0 aromatic carbocycles. The van der Waals surface area contributed by atoms with Gasteiger partial charge in [0, 0.05) is 13.2 Å². The monoisotopic (exact) mass is 195 g/mol.